The first-order valence-corrected chi connectivity index (χ1v) is 13.5. The lowest BCUT2D eigenvalue weighted by Gasteiger charge is -2.70. The molecule has 5 fully saturated rings. The monoisotopic (exact) mass is 510 g/mol. The van der Waals surface area contributed by atoms with Crippen LogP contribution < -0.4 is 0 Å². The number of carbonyl (C=O) groups is 2. The van der Waals surface area contributed by atoms with Gasteiger partial charge in [0.1, 0.15) is 6.10 Å². The fraction of sp³-hybridized carbons (Fsp3) is 0.926. The third-order valence-electron chi connectivity index (χ3n) is 10.6. The van der Waals surface area contributed by atoms with Gasteiger partial charge in [0, 0.05) is 31.1 Å². The van der Waals surface area contributed by atoms with Crippen molar-refractivity contribution in [2.75, 3.05) is 13.2 Å². The van der Waals surface area contributed by atoms with Crippen LogP contribution in [0, 0.1) is 28.6 Å². The van der Waals surface area contributed by atoms with Crippen LogP contribution in [0.5, 0.6) is 0 Å². The molecule has 0 radical (unpaired) electrons. The lowest BCUT2D eigenvalue weighted by atomic mass is 9.40. The Morgan fingerprint density at radius 1 is 1.08 bits per heavy atom. The third kappa shape index (κ3) is 3.45. The number of rotatable bonds is 3. The molecule has 204 valence electrons. The Balaban J connectivity index is 1.57. The quantitative estimate of drug-likeness (QED) is 0.488. The van der Waals surface area contributed by atoms with Gasteiger partial charge in [-0.2, -0.15) is 0 Å². The van der Waals surface area contributed by atoms with E-state index in [9.17, 15) is 24.9 Å². The minimum Gasteiger partial charge on any atom is -0.466 e. The molecule has 5 rings (SSSR count). The molecule has 0 aromatic rings. The van der Waals surface area contributed by atoms with Gasteiger partial charge >= 0.3 is 11.9 Å². The number of hydrogen-bond donors (Lipinski definition) is 3. The smallest absolute Gasteiger partial charge is 0.309 e. The summed E-state index contributed by atoms with van der Waals surface area (Å²) in [7, 11) is 0. The Morgan fingerprint density at radius 3 is 2.47 bits per heavy atom. The van der Waals surface area contributed by atoms with Crippen LogP contribution in [0.1, 0.15) is 79.6 Å². The molecular weight excluding hydrogens is 468 g/mol. The molecule has 0 bridgehead atoms. The molecule has 0 amide bonds. The van der Waals surface area contributed by atoms with Crippen molar-refractivity contribution in [3.63, 3.8) is 0 Å². The van der Waals surface area contributed by atoms with Gasteiger partial charge in [-0.25, -0.2) is 0 Å². The second kappa shape index (κ2) is 8.37. The van der Waals surface area contributed by atoms with E-state index in [1.165, 1.54) is 6.92 Å². The SMILES string of the molecule is CCOC(=O)[C@H]1CC[C@@]2(O)[C@@H]3CC[C@]4(O)C[C@@H](OC(C)=O)C[C@@H]5OC(C)(C)OC[C@]54[C@H]3[C@H](O)C[C@]12C. The van der Waals surface area contributed by atoms with E-state index in [0.29, 0.717) is 32.1 Å². The molecule has 0 unspecified atom stereocenters. The Morgan fingerprint density at radius 2 is 1.81 bits per heavy atom. The highest BCUT2D eigenvalue weighted by molar-refractivity contribution is 5.74. The molecule has 4 saturated carbocycles. The van der Waals surface area contributed by atoms with E-state index in [1.807, 2.05) is 20.8 Å². The van der Waals surface area contributed by atoms with Gasteiger partial charge in [-0.05, 0) is 58.8 Å². The Labute approximate surface area is 212 Å². The summed E-state index contributed by atoms with van der Waals surface area (Å²) in [5.41, 5.74) is -4.33. The first-order valence-electron chi connectivity index (χ1n) is 13.5. The van der Waals surface area contributed by atoms with Crippen LogP contribution in [-0.2, 0) is 28.5 Å². The summed E-state index contributed by atoms with van der Waals surface area (Å²) in [6, 6.07) is 0. The van der Waals surface area contributed by atoms with Crippen molar-refractivity contribution >= 4 is 11.9 Å². The highest BCUT2D eigenvalue weighted by Crippen LogP contribution is 2.71. The number of ether oxygens (including phenoxy) is 4. The van der Waals surface area contributed by atoms with Gasteiger partial charge in [0.05, 0.1) is 48.0 Å². The van der Waals surface area contributed by atoms with Crippen LogP contribution in [-0.4, -0.2) is 75.8 Å². The van der Waals surface area contributed by atoms with Crippen LogP contribution in [0.25, 0.3) is 0 Å². The van der Waals surface area contributed by atoms with Crippen molar-refractivity contribution in [1.82, 2.24) is 0 Å². The second-order valence-corrected chi connectivity index (χ2v) is 12.7. The molecular formula is C27H42O9. The number of fused-ring (bicyclic) bond motifs is 3. The summed E-state index contributed by atoms with van der Waals surface area (Å²) >= 11 is 0. The Bertz CT molecular complexity index is 921. The van der Waals surface area contributed by atoms with Crippen LogP contribution in [0.4, 0.5) is 0 Å². The first kappa shape index (κ1) is 26.4. The van der Waals surface area contributed by atoms with E-state index in [4.69, 9.17) is 18.9 Å². The zero-order chi connectivity index (χ0) is 26.3. The van der Waals surface area contributed by atoms with Gasteiger partial charge in [-0.15, -0.1) is 0 Å². The lowest BCUT2D eigenvalue weighted by Crippen LogP contribution is -2.78. The topological polar surface area (TPSA) is 132 Å². The first-order chi connectivity index (χ1) is 16.7. The molecule has 9 heteroatoms. The maximum atomic E-state index is 12.9. The van der Waals surface area contributed by atoms with Crippen molar-refractivity contribution in [1.29, 1.82) is 0 Å². The van der Waals surface area contributed by atoms with Crippen LogP contribution >= 0.6 is 0 Å². The molecule has 1 spiro atoms. The van der Waals surface area contributed by atoms with Crippen molar-refractivity contribution in [3.8, 4) is 0 Å². The zero-order valence-corrected chi connectivity index (χ0v) is 22.1. The summed E-state index contributed by atoms with van der Waals surface area (Å²) in [6.07, 6.45) is 0.652. The van der Waals surface area contributed by atoms with Gasteiger partial charge in [0.15, 0.2) is 5.79 Å². The van der Waals surface area contributed by atoms with E-state index in [0.717, 1.165) is 0 Å². The van der Waals surface area contributed by atoms with Gasteiger partial charge in [-0.1, -0.05) is 6.92 Å². The minimum atomic E-state index is -1.31. The van der Waals surface area contributed by atoms with Gasteiger partial charge in [-0.3, -0.25) is 9.59 Å². The van der Waals surface area contributed by atoms with Crippen molar-refractivity contribution in [2.45, 2.75) is 115 Å². The van der Waals surface area contributed by atoms with E-state index < -0.39 is 63.9 Å². The Kier molecular flexibility index (Phi) is 6.13. The summed E-state index contributed by atoms with van der Waals surface area (Å²) in [5, 5.41) is 36.4. The van der Waals surface area contributed by atoms with E-state index in [1.54, 1.807) is 6.92 Å². The number of hydrogen-bond acceptors (Lipinski definition) is 9. The van der Waals surface area contributed by atoms with Crippen molar-refractivity contribution in [3.05, 3.63) is 0 Å². The normalized spacial score (nSPS) is 51.2. The van der Waals surface area contributed by atoms with Gasteiger partial charge < -0.3 is 34.3 Å². The maximum Gasteiger partial charge on any atom is 0.309 e. The molecule has 3 N–H and O–H groups in total. The average Bonchev–Trinajstić information content (AvgIpc) is 3.02. The Hall–Kier alpha value is -1.26. The molecule has 5 aliphatic rings. The summed E-state index contributed by atoms with van der Waals surface area (Å²) in [5.74, 6) is -2.99. The molecule has 9 nitrogen and oxygen atoms in total. The van der Waals surface area contributed by atoms with Crippen LogP contribution in [0.2, 0.25) is 0 Å². The highest BCUT2D eigenvalue weighted by Gasteiger charge is 2.77. The number of carbonyl (C=O) groups excluding carboxylic acids is 2. The zero-order valence-electron chi connectivity index (χ0n) is 22.1. The fourth-order valence-electron chi connectivity index (χ4n) is 9.19. The lowest BCUT2D eigenvalue weighted by molar-refractivity contribution is -0.401. The third-order valence-corrected chi connectivity index (χ3v) is 10.6. The fourth-order valence-corrected chi connectivity index (χ4v) is 9.19. The molecule has 36 heavy (non-hydrogen) atoms. The molecule has 0 aromatic carbocycles. The molecule has 0 aromatic heterocycles. The molecule has 10 atom stereocenters. The second-order valence-electron chi connectivity index (χ2n) is 12.7. The van der Waals surface area contributed by atoms with Gasteiger partial charge in [0.25, 0.3) is 0 Å². The molecule has 4 aliphatic carbocycles. The minimum absolute atomic E-state index is 0.167. The van der Waals surface area contributed by atoms with E-state index in [-0.39, 0.29) is 37.9 Å². The maximum absolute atomic E-state index is 12.9. The largest absolute Gasteiger partial charge is 0.466 e. The van der Waals surface area contributed by atoms with E-state index in [2.05, 4.69) is 0 Å². The van der Waals surface area contributed by atoms with E-state index >= 15 is 0 Å². The summed E-state index contributed by atoms with van der Waals surface area (Å²) < 4.78 is 23.5. The predicted molar refractivity (Wildman–Crippen MR) is 126 cm³/mol. The molecule has 1 saturated heterocycles. The van der Waals surface area contributed by atoms with Crippen LogP contribution in [0.3, 0.4) is 0 Å². The van der Waals surface area contributed by atoms with Gasteiger partial charge in [0.2, 0.25) is 0 Å². The van der Waals surface area contributed by atoms with Crippen molar-refractivity contribution < 1.29 is 43.9 Å². The average molecular weight is 511 g/mol. The molecule has 1 aliphatic heterocycles. The number of aliphatic hydroxyl groups excluding tert-OH is 1. The highest BCUT2D eigenvalue weighted by atomic mass is 16.7. The number of esters is 2. The standard InChI is InChI=1S/C27H42O9/c1-6-33-22(30)18-8-10-27(32)17-7-9-25(31)12-16(35-15(2)28)11-20-26(25,14-34-23(3,4)36-20)21(17)19(29)13-24(18,27)5/h16-21,29,31-32H,6-14H2,1-5H3/t16-,17+,18+,19+,20-,21+,24+,25-,26+,27+/m0/s1. The molecule has 1 heterocycles. The number of aliphatic hydroxyl groups is 3. The summed E-state index contributed by atoms with van der Waals surface area (Å²) in [6.45, 7) is 9.11. The van der Waals surface area contributed by atoms with Crippen LogP contribution in [0.15, 0.2) is 0 Å². The summed E-state index contributed by atoms with van der Waals surface area (Å²) in [4.78, 5) is 24.7. The van der Waals surface area contributed by atoms with Crippen molar-refractivity contribution in [2.24, 2.45) is 28.6 Å². The predicted octanol–water partition coefficient (Wildman–Crippen LogP) is 2.08.